The number of piperazine rings is 1. The van der Waals surface area contributed by atoms with Crippen molar-refractivity contribution in [3.63, 3.8) is 0 Å². The van der Waals surface area contributed by atoms with Gasteiger partial charge in [-0.3, -0.25) is 18.8 Å². The van der Waals surface area contributed by atoms with Gasteiger partial charge in [-0.25, -0.2) is 0 Å². The second-order valence-electron chi connectivity index (χ2n) is 8.35. The van der Waals surface area contributed by atoms with Crippen LogP contribution in [0.25, 0.3) is 0 Å². The van der Waals surface area contributed by atoms with E-state index >= 15 is 0 Å². The third kappa shape index (κ3) is 10.7. The molecule has 2 aromatic carbocycles. The van der Waals surface area contributed by atoms with Crippen molar-refractivity contribution in [2.75, 3.05) is 45.7 Å². The predicted molar refractivity (Wildman–Crippen MR) is 136 cm³/mol. The van der Waals surface area contributed by atoms with Crippen molar-refractivity contribution >= 4 is 37.9 Å². The number of carbonyl (C=O) groups is 1. The first kappa shape index (κ1) is 29.2. The molecule has 2 aromatic rings. The molecule has 1 unspecified atom stereocenters. The van der Waals surface area contributed by atoms with Crippen molar-refractivity contribution in [1.82, 2.24) is 9.80 Å². The SMILES string of the molecule is CN1CCN(C2Cc3ccccc3Sc3ccc(C(N)=O)cc32)CC1.CS(=O)(=O)O.CS(=O)(=O)O. The zero-order chi connectivity index (χ0) is 26.4. The van der Waals surface area contributed by atoms with E-state index in [1.165, 1.54) is 20.9 Å². The Labute approximate surface area is 211 Å². The van der Waals surface area contributed by atoms with Gasteiger partial charge in [0.25, 0.3) is 20.2 Å². The molecular weight excluding hydrogens is 514 g/mol. The first-order valence-corrected chi connectivity index (χ1v) is 15.1. The van der Waals surface area contributed by atoms with Gasteiger partial charge < -0.3 is 10.6 Å². The van der Waals surface area contributed by atoms with E-state index in [2.05, 4.69) is 47.2 Å². The molecule has 0 aromatic heterocycles. The van der Waals surface area contributed by atoms with Crippen LogP contribution in [0.1, 0.15) is 27.5 Å². The van der Waals surface area contributed by atoms with Crippen LogP contribution >= 0.6 is 11.8 Å². The number of carbonyl (C=O) groups excluding carboxylic acids is 1. The summed E-state index contributed by atoms with van der Waals surface area (Å²) in [6.45, 7) is 4.26. The lowest BCUT2D eigenvalue weighted by Gasteiger charge is -2.38. The summed E-state index contributed by atoms with van der Waals surface area (Å²) >= 11 is 1.80. The molecule has 0 aliphatic carbocycles. The largest absolute Gasteiger partial charge is 0.366 e. The van der Waals surface area contributed by atoms with E-state index < -0.39 is 20.2 Å². The van der Waals surface area contributed by atoms with Gasteiger partial charge in [-0.05, 0) is 48.9 Å². The molecule has 2 aliphatic heterocycles. The number of nitrogens with zero attached hydrogens (tertiary/aromatic N) is 2. The number of fused-ring (bicyclic) bond motifs is 2. The molecule has 2 heterocycles. The summed E-state index contributed by atoms with van der Waals surface area (Å²) in [5, 5.41) is 0. The minimum atomic E-state index is -3.67. The van der Waals surface area contributed by atoms with E-state index in [9.17, 15) is 21.6 Å². The van der Waals surface area contributed by atoms with E-state index in [4.69, 9.17) is 14.8 Å². The maximum atomic E-state index is 11.7. The summed E-state index contributed by atoms with van der Waals surface area (Å²) in [5.41, 5.74) is 8.77. The Morgan fingerprint density at radius 1 is 0.943 bits per heavy atom. The number of benzene rings is 2. The Balaban J connectivity index is 0.000000368. The topological polar surface area (TPSA) is 158 Å². The van der Waals surface area contributed by atoms with Crippen molar-refractivity contribution in [1.29, 1.82) is 0 Å². The third-order valence-electron chi connectivity index (χ3n) is 5.24. The van der Waals surface area contributed by atoms with Gasteiger partial charge in [0.15, 0.2) is 0 Å². The molecule has 1 atom stereocenters. The van der Waals surface area contributed by atoms with Crippen LogP contribution in [-0.2, 0) is 26.7 Å². The highest BCUT2D eigenvalue weighted by Crippen LogP contribution is 2.43. The summed E-state index contributed by atoms with van der Waals surface area (Å²) in [7, 11) is -5.16. The van der Waals surface area contributed by atoms with Crippen molar-refractivity contribution in [2.24, 2.45) is 5.73 Å². The number of hydrogen-bond acceptors (Lipinski definition) is 8. The summed E-state index contributed by atoms with van der Waals surface area (Å²) in [4.78, 5) is 19.2. The van der Waals surface area contributed by atoms with E-state index in [0.717, 1.165) is 32.6 Å². The smallest absolute Gasteiger partial charge is 0.261 e. The number of rotatable bonds is 2. The van der Waals surface area contributed by atoms with Crippen LogP contribution in [0.3, 0.4) is 0 Å². The van der Waals surface area contributed by atoms with Crippen molar-refractivity contribution in [3.05, 3.63) is 59.2 Å². The molecule has 194 valence electrons. The number of nitrogens with two attached hydrogens (primary N) is 1. The molecule has 0 saturated carbocycles. The lowest BCUT2D eigenvalue weighted by Crippen LogP contribution is -2.46. The van der Waals surface area contributed by atoms with Crippen LogP contribution in [-0.4, -0.2) is 87.4 Å². The average molecular weight is 546 g/mol. The van der Waals surface area contributed by atoms with Crippen LogP contribution in [0, 0.1) is 0 Å². The Morgan fingerprint density at radius 3 is 2.03 bits per heavy atom. The van der Waals surface area contributed by atoms with Crippen molar-refractivity contribution in [2.45, 2.75) is 22.3 Å². The minimum absolute atomic E-state index is 0.291. The van der Waals surface area contributed by atoms with E-state index in [1.54, 1.807) is 11.8 Å². The van der Waals surface area contributed by atoms with Gasteiger partial charge in [0.2, 0.25) is 5.91 Å². The van der Waals surface area contributed by atoms with Gasteiger partial charge >= 0.3 is 0 Å². The number of likely N-dealkylation sites (N-methyl/N-ethyl adjacent to an activating group) is 1. The maximum absolute atomic E-state index is 11.7. The van der Waals surface area contributed by atoms with Crippen LogP contribution in [0.4, 0.5) is 0 Å². The second-order valence-corrected chi connectivity index (χ2v) is 12.4. The second kappa shape index (κ2) is 12.3. The average Bonchev–Trinajstić information content (AvgIpc) is 2.88. The molecule has 35 heavy (non-hydrogen) atoms. The monoisotopic (exact) mass is 545 g/mol. The highest BCUT2D eigenvalue weighted by Gasteiger charge is 2.29. The van der Waals surface area contributed by atoms with Crippen molar-refractivity contribution < 1.29 is 30.7 Å². The van der Waals surface area contributed by atoms with E-state index in [-0.39, 0.29) is 5.91 Å². The molecule has 0 bridgehead atoms. The summed E-state index contributed by atoms with van der Waals surface area (Å²) in [6, 6.07) is 14.8. The fraction of sp³-hybridized carbons (Fsp3) is 0.409. The van der Waals surface area contributed by atoms with Crippen LogP contribution < -0.4 is 5.73 Å². The van der Waals surface area contributed by atoms with Gasteiger partial charge in [-0.15, -0.1) is 0 Å². The molecule has 4 rings (SSSR count). The Hall–Kier alpha value is -2.00. The molecule has 0 spiro atoms. The van der Waals surface area contributed by atoms with Gasteiger partial charge in [0.05, 0.1) is 12.5 Å². The zero-order valence-corrected chi connectivity index (χ0v) is 22.2. The van der Waals surface area contributed by atoms with Crippen LogP contribution in [0.2, 0.25) is 0 Å². The molecule has 2 aliphatic rings. The lowest BCUT2D eigenvalue weighted by atomic mass is 9.95. The van der Waals surface area contributed by atoms with Crippen molar-refractivity contribution in [3.8, 4) is 0 Å². The van der Waals surface area contributed by atoms with E-state index in [0.29, 0.717) is 24.1 Å². The summed E-state index contributed by atoms with van der Waals surface area (Å²) in [5.74, 6) is -0.355. The minimum Gasteiger partial charge on any atom is -0.366 e. The van der Waals surface area contributed by atoms with Gasteiger partial charge in [-0.2, -0.15) is 16.8 Å². The molecule has 1 amide bonds. The quantitative estimate of drug-likeness (QED) is 0.475. The zero-order valence-electron chi connectivity index (χ0n) is 19.8. The van der Waals surface area contributed by atoms with Crippen LogP contribution in [0.15, 0.2) is 52.3 Å². The highest BCUT2D eigenvalue weighted by molar-refractivity contribution is 7.99. The van der Waals surface area contributed by atoms with E-state index in [1.807, 2.05) is 12.1 Å². The molecule has 0 radical (unpaired) electrons. The molecule has 10 nitrogen and oxygen atoms in total. The molecule has 1 fully saturated rings. The maximum Gasteiger partial charge on any atom is 0.261 e. The molecular formula is C22H31N3O7S3. The standard InChI is InChI=1S/C20H23N3OS.2CH4O3S/c1-22-8-10-23(11-9-22)17-13-14-4-2-3-5-18(14)25-19-7-6-15(20(21)24)12-16(17)19;2*1-5(2,3)4/h2-7,12,17H,8-11,13H2,1H3,(H2,21,24);2*1H3,(H,2,3,4). The fourth-order valence-electron chi connectivity index (χ4n) is 3.72. The number of hydrogen-bond donors (Lipinski definition) is 3. The molecule has 13 heteroatoms. The first-order valence-electron chi connectivity index (χ1n) is 10.6. The summed E-state index contributed by atoms with van der Waals surface area (Å²) in [6.07, 6.45) is 2.40. The number of primary amides is 1. The molecule has 1 saturated heterocycles. The van der Waals surface area contributed by atoms with Gasteiger partial charge in [-0.1, -0.05) is 30.0 Å². The number of amides is 1. The predicted octanol–water partition coefficient (Wildman–Crippen LogP) is 1.79. The van der Waals surface area contributed by atoms with Gasteiger partial charge in [0.1, 0.15) is 0 Å². The Morgan fingerprint density at radius 2 is 1.49 bits per heavy atom. The normalized spacial score (nSPS) is 18.5. The summed E-state index contributed by atoms with van der Waals surface area (Å²) < 4.78 is 51.7. The lowest BCUT2D eigenvalue weighted by molar-refractivity contribution is 0.0998. The van der Waals surface area contributed by atoms with Crippen LogP contribution in [0.5, 0.6) is 0 Å². The molecule has 4 N–H and O–H groups in total. The third-order valence-corrected chi connectivity index (χ3v) is 6.45. The fourth-order valence-corrected chi connectivity index (χ4v) is 4.84. The van der Waals surface area contributed by atoms with Gasteiger partial charge in [0, 0.05) is 47.6 Å². The first-order chi connectivity index (χ1) is 16.1. The highest BCUT2D eigenvalue weighted by atomic mass is 32.2. The Bertz CT molecular complexity index is 1200. The Kier molecular flexibility index (Phi) is 10.3.